The molecular weight excluding hydrogens is 218 g/mol. The number of rotatable bonds is 7. The number of hydrogen-bond acceptors (Lipinski definition) is 4. The second-order valence-electron chi connectivity index (χ2n) is 4.11. The van der Waals surface area contributed by atoms with E-state index in [9.17, 15) is 10.2 Å². The van der Waals surface area contributed by atoms with E-state index in [1.54, 1.807) is 7.11 Å². The van der Waals surface area contributed by atoms with Crippen LogP contribution in [0.15, 0.2) is 30.3 Å². The van der Waals surface area contributed by atoms with Gasteiger partial charge in [0.25, 0.3) is 0 Å². The molecule has 0 heterocycles. The Morgan fingerprint density at radius 3 is 2.29 bits per heavy atom. The molecule has 4 heteroatoms. The van der Waals surface area contributed by atoms with Gasteiger partial charge in [-0.3, -0.25) is 4.90 Å². The average molecular weight is 239 g/mol. The van der Waals surface area contributed by atoms with Crippen LogP contribution in [0.25, 0.3) is 0 Å². The van der Waals surface area contributed by atoms with Gasteiger partial charge in [0.1, 0.15) is 0 Å². The first-order chi connectivity index (χ1) is 8.22. The summed E-state index contributed by atoms with van der Waals surface area (Å²) in [6.45, 7) is 0.579. The topological polar surface area (TPSA) is 52.9 Å². The van der Waals surface area contributed by atoms with Crippen molar-refractivity contribution in [2.75, 3.05) is 27.4 Å². The molecule has 1 aromatic rings. The van der Waals surface area contributed by atoms with Gasteiger partial charge in [-0.05, 0) is 12.6 Å². The molecule has 17 heavy (non-hydrogen) atoms. The molecule has 0 saturated carbocycles. The summed E-state index contributed by atoms with van der Waals surface area (Å²) in [6.07, 6.45) is -0.367. The van der Waals surface area contributed by atoms with Crippen molar-refractivity contribution in [3.63, 3.8) is 0 Å². The minimum atomic E-state index is -0.367. The minimum Gasteiger partial charge on any atom is -0.395 e. The van der Waals surface area contributed by atoms with Gasteiger partial charge >= 0.3 is 0 Å². The van der Waals surface area contributed by atoms with E-state index in [4.69, 9.17) is 4.74 Å². The zero-order valence-electron chi connectivity index (χ0n) is 10.4. The summed E-state index contributed by atoms with van der Waals surface area (Å²) in [4.78, 5) is 1.99. The first-order valence-corrected chi connectivity index (χ1v) is 5.71. The summed E-state index contributed by atoms with van der Waals surface area (Å²) in [5.41, 5.74) is 1.17. The maximum absolute atomic E-state index is 9.37. The highest BCUT2D eigenvalue weighted by Gasteiger charge is 2.23. The fourth-order valence-corrected chi connectivity index (χ4v) is 1.88. The summed E-state index contributed by atoms with van der Waals surface area (Å²) in [5, 5.41) is 18.6. The number of nitrogens with zero attached hydrogens (tertiary/aromatic N) is 1. The van der Waals surface area contributed by atoms with Crippen molar-refractivity contribution >= 4 is 0 Å². The van der Waals surface area contributed by atoms with E-state index in [2.05, 4.69) is 0 Å². The molecule has 0 aromatic heterocycles. The maximum atomic E-state index is 9.37. The molecule has 1 rings (SSSR count). The van der Waals surface area contributed by atoms with Crippen molar-refractivity contribution in [2.45, 2.75) is 18.7 Å². The highest BCUT2D eigenvalue weighted by molar-refractivity contribution is 5.14. The third-order valence-corrected chi connectivity index (χ3v) is 2.94. The van der Waals surface area contributed by atoms with Gasteiger partial charge in [-0.2, -0.15) is 0 Å². The van der Waals surface area contributed by atoms with E-state index in [0.29, 0.717) is 6.54 Å². The predicted molar refractivity (Wildman–Crippen MR) is 66.7 cm³/mol. The molecule has 0 saturated heterocycles. The van der Waals surface area contributed by atoms with Gasteiger partial charge in [0, 0.05) is 13.7 Å². The number of likely N-dealkylation sites (N-methyl/N-ethyl adjacent to an activating group) is 1. The van der Waals surface area contributed by atoms with Gasteiger partial charge in [0.05, 0.1) is 25.4 Å². The van der Waals surface area contributed by atoms with Gasteiger partial charge in [-0.15, -0.1) is 0 Å². The quantitative estimate of drug-likeness (QED) is 0.727. The molecule has 0 fully saturated rings. The molecule has 2 N–H and O–H groups in total. The SMILES string of the molecule is CO[C@H](CO)[C@H](CO)N(C)Cc1ccccc1. The minimum absolute atomic E-state index is 0.0393. The Bertz CT molecular complexity index is 301. The highest BCUT2D eigenvalue weighted by Crippen LogP contribution is 2.10. The van der Waals surface area contributed by atoms with Gasteiger partial charge in [0.15, 0.2) is 0 Å². The van der Waals surface area contributed by atoms with Crippen LogP contribution in [0, 0.1) is 0 Å². The Balaban J connectivity index is 2.63. The van der Waals surface area contributed by atoms with Gasteiger partial charge < -0.3 is 14.9 Å². The van der Waals surface area contributed by atoms with Crippen LogP contribution < -0.4 is 0 Å². The first-order valence-electron chi connectivity index (χ1n) is 5.71. The van der Waals surface area contributed by atoms with E-state index >= 15 is 0 Å². The van der Waals surface area contributed by atoms with Crippen molar-refractivity contribution in [1.29, 1.82) is 0 Å². The molecular formula is C13H21NO3. The maximum Gasteiger partial charge on any atom is 0.0978 e. The molecule has 0 aliphatic heterocycles. The van der Waals surface area contributed by atoms with E-state index in [-0.39, 0.29) is 25.4 Å². The zero-order valence-corrected chi connectivity index (χ0v) is 10.4. The monoisotopic (exact) mass is 239 g/mol. The van der Waals surface area contributed by atoms with Gasteiger partial charge in [0.2, 0.25) is 0 Å². The molecule has 0 aliphatic carbocycles. The number of aliphatic hydroxyl groups excluding tert-OH is 2. The summed E-state index contributed by atoms with van der Waals surface area (Å²) in [7, 11) is 3.45. The zero-order chi connectivity index (χ0) is 12.7. The molecule has 1 aromatic carbocycles. The summed E-state index contributed by atoms with van der Waals surface area (Å²) < 4.78 is 5.16. The summed E-state index contributed by atoms with van der Waals surface area (Å²) in [6, 6.07) is 9.80. The predicted octanol–water partition coefficient (Wildman–Crippen LogP) is 0.487. The molecule has 96 valence electrons. The molecule has 0 spiro atoms. The van der Waals surface area contributed by atoms with Crippen LogP contribution in [0.5, 0.6) is 0 Å². The van der Waals surface area contributed by atoms with E-state index in [0.717, 1.165) is 0 Å². The largest absolute Gasteiger partial charge is 0.395 e. The third kappa shape index (κ3) is 4.09. The Hall–Kier alpha value is -0.940. The molecule has 0 aliphatic rings. The Morgan fingerprint density at radius 2 is 1.82 bits per heavy atom. The fraction of sp³-hybridized carbons (Fsp3) is 0.538. The van der Waals surface area contributed by atoms with Gasteiger partial charge in [-0.1, -0.05) is 30.3 Å². The number of benzene rings is 1. The fourth-order valence-electron chi connectivity index (χ4n) is 1.88. The van der Waals surface area contributed by atoms with Crippen molar-refractivity contribution in [3.8, 4) is 0 Å². The highest BCUT2D eigenvalue weighted by atomic mass is 16.5. The van der Waals surface area contributed by atoms with E-state index in [1.165, 1.54) is 5.56 Å². The smallest absolute Gasteiger partial charge is 0.0978 e. The molecule has 2 atom stereocenters. The number of ether oxygens (including phenoxy) is 1. The first kappa shape index (κ1) is 14.1. The standard InChI is InChI=1S/C13H21NO3/c1-14(8-11-6-4-3-5-7-11)12(9-15)13(10-16)17-2/h3-7,12-13,15-16H,8-10H2,1-2H3/t12-,13+/m0/s1. The van der Waals surface area contributed by atoms with Crippen molar-refractivity contribution < 1.29 is 14.9 Å². The lowest BCUT2D eigenvalue weighted by Crippen LogP contribution is -2.46. The third-order valence-electron chi connectivity index (χ3n) is 2.94. The molecule has 0 amide bonds. The van der Waals surface area contributed by atoms with Crippen LogP contribution in [-0.2, 0) is 11.3 Å². The van der Waals surface area contributed by atoms with Crippen molar-refractivity contribution in [3.05, 3.63) is 35.9 Å². The van der Waals surface area contributed by atoms with E-state index < -0.39 is 0 Å². The van der Waals surface area contributed by atoms with Crippen LogP contribution in [0.3, 0.4) is 0 Å². The summed E-state index contributed by atoms with van der Waals surface area (Å²) >= 11 is 0. The number of aliphatic hydroxyl groups is 2. The molecule has 0 bridgehead atoms. The van der Waals surface area contributed by atoms with Crippen LogP contribution in [0.1, 0.15) is 5.56 Å². The lowest BCUT2D eigenvalue weighted by Gasteiger charge is -2.31. The van der Waals surface area contributed by atoms with Crippen LogP contribution in [0.4, 0.5) is 0 Å². The Labute approximate surface area is 102 Å². The molecule has 0 radical (unpaired) electrons. The Morgan fingerprint density at radius 1 is 1.18 bits per heavy atom. The van der Waals surface area contributed by atoms with Crippen LogP contribution in [-0.4, -0.2) is 54.6 Å². The van der Waals surface area contributed by atoms with E-state index in [1.807, 2.05) is 42.3 Å². The second kappa shape index (κ2) is 7.40. The summed E-state index contributed by atoms with van der Waals surface area (Å²) in [5.74, 6) is 0. The van der Waals surface area contributed by atoms with Crippen molar-refractivity contribution in [2.24, 2.45) is 0 Å². The molecule has 0 unspecified atom stereocenters. The lowest BCUT2D eigenvalue weighted by atomic mass is 10.1. The normalized spacial score (nSPS) is 14.9. The Kier molecular flexibility index (Phi) is 6.15. The number of methoxy groups -OCH3 is 1. The van der Waals surface area contributed by atoms with Crippen LogP contribution in [0.2, 0.25) is 0 Å². The van der Waals surface area contributed by atoms with Crippen molar-refractivity contribution in [1.82, 2.24) is 4.90 Å². The number of hydrogen-bond donors (Lipinski definition) is 2. The lowest BCUT2D eigenvalue weighted by molar-refractivity contribution is -0.0326. The van der Waals surface area contributed by atoms with Crippen LogP contribution >= 0.6 is 0 Å². The molecule has 4 nitrogen and oxygen atoms in total. The van der Waals surface area contributed by atoms with Gasteiger partial charge in [-0.25, -0.2) is 0 Å². The second-order valence-corrected chi connectivity index (χ2v) is 4.11. The average Bonchev–Trinajstić information content (AvgIpc) is 2.36.